The van der Waals surface area contributed by atoms with Crippen molar-refractivity contribution in [2.24, 2.45) is 5.73 Å². The Hall–Kier alpha value is -1.28. The van der Waals surface area contributed by atoms with Crippen LogP contribution in [0.2, 0.25) is 0 Å². The molecule has 0 aliphatic carbocycles. The summed E-state index contributed by atoms with van der Waals surface area (Å²) >= 11 is 0. The molecule has 1 aromatic heterocycles. The fourth-order valence-electron chi connectivity index (χ4n) is 2.74. The van der Waals surface area contributed by atoms with Crippen molar-refractivity contribution in [3.63, 3.8) is 0 Å². The Morgan fingerprint density at radius 2 is 1.89 bits per heavy atom. The van der Waals surface area contributed by atoms with Crippen LogP contribution < -0.4 is 5.73 Å². The molecule has 0 unspecified atom stereocenters. The molecule has 0 amide bonds. The average molecular weight is 258 g/mol. The summed E-state index contributed by atoms with van der Waals surface area (Å²) in [6.07, 6.45) is 9.87. The van der Waals surface area contributed by atoms with E-state index in [2.05, 4.69) is 42.0 Å². The fraction of sp³-hybridized carbons (Fsp3) is 0.529. The van der Waals surface area contributed by atoms with E-state index in [9.17, 15) is 0 Å². The lowest BCUT2D eigenvalue weighted by Crippen LogP contribution is -2.03. The first kappa shape index (κ1) is 14.1. The molecule has 2 aromatic rings. The van der Waals surface area contributed by atoms with Crippen molar-refractivity contribution < 1.29 is 0 Å². The summed E-state index contributed by atoms with van der Waals surface area (Å²) in [4.78, 5) is 0. The number of fused-ring (bicyclic) bond motifs is 1. The molecule has 0 atom stereocenters. The first-order chi connectivity index (χ1) is 9.36. The lowest BCUT2D eigenvalue weighted by molar-refractivity contribution is 0.577. The predicted octanol–water partition coefficient (Wildman–Crippen LogP) is 4.11. The Morgan fingerprint density at radius 1 is 1.05 bits per heavy atom. The second kappa shape index (κ2) is 7.34. The van der Waals surface area contributed by atoms with Gasteiger partial charge in [-0.15, -0.1) is 0 Å². The summed E-state index contributed by atoms with van der Waals surface area (Å²) < 4.78 is 2.39. The van der Waals surface area contributed by atoms with Crippen LogP contribution in [0, 0.1) is 0 Å². The molecule has 2 heteroatoms. The van der Waals surface area contributed by atoms with Crippen molar-refractivity contribution in [3.8, 4) is 0 Å². The van der Waals surface area contributed by atoms with Crippen molar-refractivity contribution in [1.29, 1.82) is 0 Å². The van der Waals surface area contributed by atoms with Crippen molar-refractivity contribution in [2.45, 2.75) is 52.0 Å². The van der Waals surface area contributed by atoms with Gasteiger partial charge >= 0.3 is 0 Å². The number of hydrogen-bond acceptors (Lipinski definition) is 1. The monoisotopic (exact) mass is 258 g/mol. The van der Waals surface area contributed by atoms with E-state index in [-0.39, 0.29) is 0 Å². The maximum Gasteiger partial charge on any atom is 0.0483 e. The van der Waals surface area contributed by atoms with E-state index < -0.39 is 0 Å². The molecule has 2 N–H and O–H groups in total. The van der Waals surface area contributed by atoms with Crippen molar-refractivity contribution >= 4 is 10.9 Å². The number of benzene rings is 1. The number of nitrogens with two attached hydrogens (primary N) is 1. The number of unbranched alkanes of at least 4 members (excludes halogenated alkanes) is 4. The topological polar surface area (TPSA) is 30.9 Å². The molecule has 0 spiro atoms. The van der Waals surface area contributed by atoms with Gasteiger partial charge in [-0.2, -0.15) is 0 Å². The summed E-state index contributed by atoms with van der Waals surface area (Å²) in [5.41, 5.74) is 8.42. The zero-order valence-electron chi connectivity index (χ0n) is 12.1. The van der Waals surface area contributed by atoms with Crippen LogP contribution in [0.5, 0.6) is 0 Å². The normalized spacial score (nSPS) is 11.3. The van der Waals surface area contributed by atoms with Crippen LogP contribution in [-0.4, -0.2) is 11.1 Å². The van der Waals surface area contributed by atoms with E-state index in [0.29, 0.717) is 0 Å². The molecule has 19 heavy (non-hydrogen) atoms. The van der Waals surface area contributed by atoms with E-state index >= 15 is 0 Å². The number of nitrogens with zero attached hydrogens (tertiary/aromatic N) is 1. The Morgan fingerprint density at radius 3 is 2.68 bits per heavy atom. The zero-order valence-corrected chi connectivity index (χ0v) is 12.1. The molecule has 0 aliphatic heterocycles. The molecule has 2 nitrogen and oxygen atoms in total. The van der Waals surface area contributed by atoms with Gasteiger partial charge in [-0.25, -0.2) is 0 Å². The van der Waals surface area contributed by atoms with Gasteiger partial charge in [0.2, 0.25) is 0 Å². The summed E-state index contributed by atoms with van der Waals surface area (Å²) in [7, 11) is 0. The zero-order chi connectivity index (χ0) is 13.5. The third-order valence-electron chi connectivity index (χ3n) is 3.82. The van der Waals surface area contributed by atoms with Crippen molar-refractivity contribution in [2.75, 3.05) is 6.54 Å². The van der Waals surface area contributed by atoms with Crippen LogP contribution in [-0.2, 0) is 13.0 Å². The Labute approximate surface area is 116 Å². The molecular weight excluding hydrogens is 232 g/mol. The molecule has 0 saturated heterocycles. The van der Waals surface area contributed by atoms with E-state index in [4.69, 9.17) is 5.73 Å². The quantitative estimate of drug-likeness (QED) is 0.710. The highest BCUT2D eigenvalue weighted by Gasteiger charge is 2.04. The van der Waals surface area contributed by atoms with Crippen LogP contribution in [0.25, 0.3) is 10.9 Å². The average Bonchev–Trinajstić information content (AvgIpc) is 2.83. The summed E-state index contributed by atoms with van der Waals surface area (Å²) in [5, 5.41) is 1.38. The van der Waals surface area contributed by atoms with Gasteiger partial charge in [-0.05, 0) is 37.1 Å². The fourth-order valence-corrected chi connectivity index (χ4v) is 2.74. The first-order valence-electron chi connectivity index (χ1n) is 7.63. The molecule has 0 fully saturated rings. The lowest BCUT2D eigenvalue weighted by Gasteiger charge is -2.07. The van der Waals surface area contributed by atoms with Gasteiger partial charge in [-0.1, -0.05) is 44.7 Å². The number of rotatable bonds is 8. The highest BCUT2D eigenvalue weighted by Crippen LogP contribution is 2.21. The van der Waals surface area contributed by atoms with Crippen LogP contribution >= 0.6 is 0 Å². The van der Waals surface area contributed by atoms with Crippen LogP contribution in [0.15, 0.2) is 30.5 Å². The maximum atomic E-state index is 5.68. The minimum absolute atomic E-state index is 0.724. The van der Waals surface area contributed by atoms with Crippen molar-refractivity contribution in [1.82, 2.24) is 4.57 Å². The number of aromatic nitrogens is 1. The highest BCUT2D eigenvalue weighted by atomic mass is 14.9. The van der Waals surface area contributed by atoms with Gasteiger partial charge in [0.15, 0.2) is 0 Å². The van der Waals surface area contributed by atoms with Gasteiger partial charge in [0, 0.05) is 23.6 Å². The Balaban J connectivity index is 2.02. The number of hydrogen-bond donors (Lipinski definition) is 1. The van der Waals surface area contributed by atoms with Gasteiger partial charge in [0.05, 0.1) is 0 Å². The SMILES string of the molecule is CCCCCCCn1ccc2c(CCN)cccc21. The van der Waals surface area contributed by atoms with Crippen LogP contribution in [0.4, 0.5) is 0 Å². The van der Waals surface area contributed by atoms with Crippen LogP contribution in [0.1, 0.15) is 44.6 Å². The minimum Gasteiger partial charge on any atom is -0.347 e. The summed E-state index contributed by atoms with van der Waals surface area (Å²) in [6, 6.07) is 8.81. The predicted molar refractivity (Wildman–Crippen MR) is 83.5 cm³/mol. The van der Waals surface area contributed by atoms with Crippen molar-refractivity contribution in [3.05, 3.63) is 36.0 Å². The van der Waals surface area contributed by atoms with E-state index in [0.717, 1.165) is 19.5 Å². The standard InChI is InChI=1S/C17H26N2/c1-2-3-4-5-6-13-19-14-11-16-15(10-12-18)8-7-9-17(16)19/h7-9,11,14H,2-6,10,12-13,18H2,1H3. The van der Waals surface area contributed by atoms with Gasteiger partial charge in [-0.3, -0.25) is 0 Å². The number of aryl methyl sites for hydroxylation is 1. The lowest BCUT2D eigenvalue weighted by atomic mass is 10.1. The summed E-state index contributed by atoms with van der Waals surface area (Å²) in [5.74, 6) is 0. The molecule has 0 bridgehead atoms. The smallest absolute Gasteiger partial charge is 0.0483 e. The molecule has 2 rings (SSSR count). The molecule has 1 aromatic carbocycles. The van der Waals surface area contributed by atoms with Crippen LogP contribution in [0.3, 0.4) is 0 Å². The molecule has 0 radical (unpaired) electrons. The Bertz CT molecular complexity index is 499. The third kappa shape index (κ3) is 3.60. The third-order valence-corrected chi connectivity index (χ3v) is 3.82. The van der Waals surface area contributed by atoms with Gasteiger partial charge in [0.1, 0.15) is 0 Å². The van der Waals surface area contributed by atoms with Gasteiger partial charge < -0.3 is 10.3 Å². The van der Waals surface area contributed by atoms with Gasteiger partial charge in [0.25, 0.3) is 0 Å². The second-order valence-corrected chi connectivity index (χ2v) is 5.31. The largest absolute Gasteiger partial charge is 0.347 e. The molecule has 0 saturated carbocycles. The molecular formula is C17H26N2. The highest BCUT2D eigenvalue weighted by molar-refractivity contribution is 5.83. The first-order valence-corrected chi connectivity index (χ1v) is 7.63. The Kier molecular flexibility index (Phi) is 5.46. The molecule has 1 heterocycles. The summed E-state index contributed by atoms with van der Waals surface area (Å²) in [6.45, 7) is 4.12. The van der Waals surface area contributed by atoms with E-state index in [1.165, 1.54) is 48.6 Å². The van der Waals surface area contributed by atoms with E-state index in [1.54, 1.807) is 0 Å². The minimum atomic E-state index is 0.724. The molecule has 0 aliphatic rings. The van der Waals surface area contributed by atoms with E-state index in [1.807, 2.05) is 0 Å². The second-order valence-electron chi connectivity index (χ2n) is 5.31. The molecule has 104 valence electrons. The maximum absolute atomic E-state index is 5.68.